The highest BCUT2D eigenvalue weighted by atomic mass is 32.2. The maximum absolute atomic E-state index is 12.5. The SMILES string of the molecule is CC/C(C)=c1\cc(-c2ccc(SC(F)(F)F)cc2)[nH]\c1=C(/C)N=C(C)C. The number of nitrogens with one attached hydrogen (secondary N) is 1. The Kier molecular flexibility index (Phi) is 6.39. The molecule has 0 fully saturated rings. The van der Waals surface area contributed by atoms with Crippen molar-refractivity contribution in [3.63, 3.8) is 0 Å². The van der Waals surface area contributed by atoms with Crippen molar-refractivity contribution in [2.45, 2.75) is 51.4 Å². The summed E-state index contributed by atoms with van der Waals surface area (Å²) in [7, 11) is 0. The van der Waals surface area contributed by atoms with E-state index < -0.39 is 5.51 Å². The third kappa shape index (κ3) is 5.27. The molecule has 26 heavy (non-hydrogen) atoms. The van der Waals surface area contributed by atoms with Crippen LogP contribution < -0.4 is 10.6 Å². The Balaban J connectivity index is 2.56. The van der Waals surface area contributed by atoms with Crippen molar-refractivity contribution >= 4 is 28.7 Å². The molecule has 0 unspecified atom stereocenters. The van der Waals surface area contributed by atoms with Gasteiger partial charge in [-0.25, -0.2) is 0 Å². The van der Waals surface area contributed by atoms with Crippen molar-refractivity contribution in [1.82, 2.24) is 4.98 Å². The van der Waals surface area contributed by atoms with E-state index in [4.69, 9.17) is 0 Å². The topological polar surface area (TPSA) is 28.1 Å². The Morgan fingerprint density at radius 1 is 1.08 bits per heavy atom. The zero-order valence-electron chi connectivity index (χ0n) is 15.6. The van der Waals surface area contributed by atoms with Crippen LogP contribution in [0.15, 0.2) is 40.2 Å². The summed E-state index contributed by atoms with van der Waals surface area (Å²) in [6.07, 6.45) is 0.910. The van der Waals surface area contributed by atoms with Gasteiger partial charge in [0.15, 0.2) is 0 Å². The minimum Gasteiger partial charge on any atom is -0.353 e. The van der Waals surface area contributed by atoms with Crippen LogP contribution in [0.1, 0.15) is 41.0 Å². The number of hydrogen-bond donors (Lipinski definition) is 1. The number of thioether (sulfide) groups is 1. The van der Waals surface area contributed by atoms with E-state index in [1.165, 1.54) is 17.7 Å². The van der Waals surface area contributed by atoms with Gasteiger partial charge in [0.05, 0.1) is 11.0 Å². The van der Waals surface area contributed by atoms with E-state index in [-0.39, 0.29) is 16.7 Å². The van der Waals surface area contributed by atoms with Crippen molar-refractivity contribution in [3.05, 3.63) is 40.9 Å². The highest BCUT2D eigenvalue weighted by Crippen LogP contribution is 2.37. The van der Waals surface area contributed by atoms with Gasteiger partial charge < -0.3 is 4.98 Å². The monoisotopic (exact) mass is 380 g/mol. The molecule has 1 N–H and O–H groups in total. The van der Waals surface area contributed by atoms with Crippen LogP contribution in [0.4, 0.5) is 13.2 Å². The van der Waals surface area contributed by atoms with Gasteiger partial charge in [0, 0.05) is 21.5 Å². The Bertz CT molecular complexity index is 915. The molecule has 140 valence electrons. The first-order valence-electron chi connectivity index (χ1n) is 8.38. The molecule has 0 saturated heterocycles. The van der Waals surface area contributed by atoms with Crippen LogP contribution in [0.5, 0.6) is 0 Å². The van der Waals surface area contributed by atoms with Gasteiger partial charge in [-0.2, -0.15) is 13.2 Å². The number of aliphatic imine (C=N–C) groups is 1. The molecule has 0 atom stereocenters. The molecular weight excluding hydrogens is 357 g/mol. The summed E-state index contributed by atoms with van der Waals surface area (Å²) < 4.78 is 37.4. The maximum Gasteiger partial charge on any atom is 0.446 e. The highest BCUT2D eigenvalue weighted by molar-refractivity contribution is 8.00. The molecule has 0 amide bonds. The number of hydrogen-bond acceptors (Lipinski definition) is 2. The van der Waals surface area contributed by atoms with Crippen LogP contribution in [-0.4, -0.2) is 16.2 Å². The van der Waals surface area contributed by atoms with E-state index in [0.717, 1.165) is 39.7 Å². The number of nitrogens with zero attached hydrogens (tertiary/aromatic N) is 1. The number of benzene rings is 1. The van der Waals surface area contributed by atoms with Gasteiger partial charge in [-0.15, -0.1) is 0 Å². The van der Waals surface area contributed by atoms with Crippen molar-refractivity contribution in [2.75, 3.05) is 0 Å². The van der Waals surface area contributed by atoms with E-state index in [1.807, 2.05) is 26.8 Å². The number of rotatable bonds is 4. The lowest BCUT2D eigenvalue weighted by Crippen LogP contribution is -2.26. The lowest BCUT2D eigenvalue weighted by molar-refractivity contribution is -0.0328. The number of aromatic nitrogens is 1. The number of halogens is 3. The average molecular weight is 380 g/mol. The molecule has 1 aromatic carbocycles. The smallest absolute Gasteiger partial charge is 0.353 e. The van der Waals surface area contributed by atoms with Gasteiger partial charge in [0.1, 0.15) is 0 Å². The largest absolute Gasteiger partial charge is 0.446 e. The first-order chi connectivity index (χ1) is 12.1. The summed E-state index contributed by atoms with van der Waals surface area (Å²) in [5, 5.41) is 2.05. The van der Waals surface area contributed by atoms with E-state index in [9.17, 15) is 13.2 Å². The third-order valence-corrected chi connectivity index (χ3v) is 4.70. The summed E-state index contributed by atoms with van der Waals surface area (Å²) in [6, 6.07) is 8.45. The Labute approximate surface area is 155 Å². The van der Waals surface area contributed by atoms with Crippen molar-refractivity contribution in [2.24, 2.45) is 4.99 Å². The zero-order chi connectivity index (χ0) is 19.5. The summed E-state index contributed by atoms with van der Waals surface area (Å²) in [5.74, 6) is 0. The van der Waals surface area contributed by atoms with Gasteiger partial charge in [0.2, 0.25) is 0 Å². The molecule has 2 rings (SSSR count). The van der Waals surface area contributed by atoms with Crippen LogP contribution >= 0.6 is 11.8 Å². The van der Waals surface area contributed by atoms with Gasteiger partial charge in [0.25, 0.3) is 0 Å². The molecular formula is C20H23F3N2S. The quantitative estimate of drug-likeness (QED) is 0.552. The molecule has 0 spiro atoms. The van der Waals surface area contributed by atoms with Crippen molar-refractivity contribution in [3.8, 4) is 11.3 Å². The first-order valence-corrected chi connectivity index (χ1v) is 9.20. The standard InChI is InChI=1S/C20H23F3N2S/c1-6-13(4)17-11-18(25-19(17)14(5)24-12(2)3)15-7-9-16(10-8-15)26-20(21,22)23/h7-11,25H,6H2,1-5H3/b17-13+,19-14+. The Hall–Kier alpha value is -1.95. The second-order valence-electron chi connectivity index (χ2n) is 6.32. The third-order valence-electron chi connectivity index (χ3n) is 3.96. The highest BCUT2D eigenvalue weighted by Gasteiger charge is 2.29. The minimum atomic E-state index is -4.27. The lowest BCUT2D eigenvalue weighted by atomic mass is 10.1. The van der Waals surface area contributed by atoms with Crippen LogP contribution in [-0.2, 0) is 0 Å². The van der Waals surface area contributed by atoms with Gasteiger partial charge in [-0.1, -0.05) is 24.6 Å². The summed E-state index contributed by atoms with van der Waals surface area (Å²) in [4.78, 5) is 8.12. The first kappa shape index (κ1) is 20.4. The predicted octanol–water partition coefficient (Wildman–Crippen LogP) is 5.48. The molecule has 0 aliphatic rings. The van der Waals surface area contributed by atoms with E-state index in [2.05, 4.69) is 23.8 Å². The summed E-state index contributed by atoms with van der Waals surface area (Å²) >= 11 is -0.103. The normalized spacial score (nSPS) is 14.2. The van der Waals surface area contributed by atoms with Crippen LogP contribution in [0.2, 0.25) is 0 Å². The zero-order valence-corrected chi connectivity index (χ0v) is 16.4. The minimum absolute atomic E-state index is 0.103. The van der Waals surface area contributed by atoms with Gasteiger partial charge in [-0.05, 0) is 69.6 Å². The molecule has 1 heterocycles. The molecule has 0 saturated carbocycles. The second kappa shape index (κ2) is 8.16. The number of alkyl halides is 3. The van der Waals surface area contributed by atoms with Crippen LogP contribution in [0.25, 0.3) is 22.5 Å². The van der Waals surface area contributed by atoms with Crippen LogP contribution in [0.3, 0.4) is 0 Å². The average Bonchev–Trinajstić information content (AvgIpc) is 2.98. The van der Waals surface area contributed by atoms with Gasteiger partial charge >= 0.3 is 5.51 Å². The summed E-state index contributed by atoms with van der Waals surface area (Å²) in [5.41, 5.74) is 0.530. The fourth-order valence-electron chi connectivity index (χ4n) is 2.65. The second-order valence-corrected chi connectivity index (χ2v) is 7.46. The molecule has 2 nitrogen and oxygen atoms in total. The van der Waals surface area contributed by atoms with Crippen LogP contribution in [0, 0.1) is 0 Å². The van der Waals surface area contributed by atoms with Crippen molar-refractivity contribution in [1.29, 1.82) is 0 Å². The summed E-state index contributed by atoms with van der Waals surface area (Å²) in [6.45, 7) is 10.0. The lowest BCUT2D eigenvalue weighted by Gasteiger charge is -2.05. The molecule has 0 aliphatic heterocycles. The molecule has 1 aromatic heterocycles. The molecule has 6 heteroatoms. The Morgan fingerprint density at radius 3 is 2.19 bits per heavy atom. The molecule has 2 aromatic rings. The Morgan fingerprint density at radius 2 is 1.69 bits per heavy atom. The molecule has 0 radical (unpaired) electrons. The van der Waals surface area contributed by atoms with E-state index >= 15 is 0 Å². The predicted molar refractivity (Wildman–Crippen MR) is 105 cm³/mol. The van der Waals surface area contributed by atoms with Crippen molar-refractivity contribution < 1.29 is 13.2 Å². The van der Waals surface area contributed by atoms with Gasteiger partial charge in [-0.3, -0.25) is 4.99 Å². The molecule has 0 aliphatic carbocycles. The van der Waals surface area contributed by atoms with E-state index in [0.29, 0.717) is 0 Å². The maximum atomic E-state index is 12.5. The fraction of sp³-hybridized carbons (Fsp3) is 0.350. The fourth-order valence-corrected chi connectivity index (χ4v) is 3.19. The number of aromatic amines is 1. The molecule has 0 bridgehead atoms. The van der Waals surface area contributed by atoms with E-state index in [1.54, 1.807) is 12.1 Å². The number of H-pyrrole nitrogens is 1.